The first-order valence-corrected chi connectivity index (χ1v) is 9.97. The number of nitrogens with zero attached hydrogens (tertiary/aromatic N) is 2. The Kier molecular flexibility index (Phi) is 6.43. The molecule has 0 amide bonds. The molecule has 1 aliphatic carbocycles. The lowest BCUT2D eigenvalue weighted by atomic mass is 9.86. The fraction of sp³-hybridized carbons (Fsp3) is 0.625. The van der Waals surface area contributed by atoms with Crippen LogP contribution in [-0.4, -0.2) is 66.7 Å². The molecule has 0 saturated heterocycles. The SMILES string of the molecule is CCOC(=O)c1cc(S(=O)(=O)NC2CC(N(CC)CC(=O)O)C2)cn1C. The molecule has 26 heavy (non-hydrogen) atoms. The van der Waals surface area contributed by atoms with Crippen LogP contribution in [0.25, 0.3) is 0 Å². The van der Waals surface area contributed by atoms with E-state index in [9.17, 15) is 18.0 Å². The van der Waals surface area contributed by atoms with E-state index in [0.717, 1.165) is 0 Å². The molecule has 1 fully saturated rings. The van der Waals surface area contributed by atoms with E-state index in [-0.39, 0.29) is 35.8 Å². The Morgan fingerprint density at radius 3 is 2.58 bits per heavy atom. The molecule has 0 aromatic carbocycles. The predicted octanol–water partition coefficient (Wildman–Crippen LogP) is 0.418. The number of hydrogen-bond donors (Lipinski definition) is 2. The van der Waals surface area contributed by atoms with Gasteiger partial charge in [-0.2, -0.15) is 0 Å². The zero-order valence-corrected chi connectivity index (χ0v) is 16.0. The molecule has 1 saturated carbocycles. The van der Waals surface area contributed by atoms with Crippen molar-refractivity contribution in [2.75, 3.05) is 19.7 Å². The summed E-state index contributed by atoms with van der Waals surface area (Å²) >= 11 is 0. The molecule has 0 atom stereocenters. The minimum Gasteiger partial charge on any atom is -0.480 e. The van der Waals surface area contributed by atoms with Crippen LogP contribution in [0.15, 0.2) is 17.2 Å². The Morgan fingerprint density at radius 2 is 2.04 bits per heavy atom. The quantitative estimate of drug-likeness (QED) is 0.590. The Morgan fingerprint density at radius 1 is 1.38 bits per heavy atom. The maximum absolute atomic E-state index is 12.5. The molecule has 146 valence electrons. The minimum atomic E-state index is -3.76. The topological polar surface area (TPSA) is 118 Å². The van der Waals surface area contributed by atoms with Gasteiger partial charge < -0.3 is 14.4 Å². The summed E-state index contributed by atoms with van der Waals surface area (Å²) in [5.74, 6) is -1.47. The first kappa shape index (κ1) is 20.4. The van der Waals surface area contributed by atoms with Crippen LogP contribution in [0.5, 0.6) is 0 Å². The second-order valence-electron chi connectivity index (χ2n) is 6.29. The van der Waals surface area contributed by atoms with Crippen LogP contribution in [0, 0.1) is 0 Å². The van der Waals surface area contributed by atoms with E-state index < -0.39 is 22.0 Å². The van der Waals surface area contributed by atoms with Gasteiger partial charge in [0.1, 0.15) is 10.6 Å². The number of aryl methyl sites for hydroxylation is 1. The first-order chi connectivity index (χ1) is 12.2. The lowest BCUT2D eigenvalue weighted by Gasteiger charge is -2.41. The monoisotopic (exact) mass is 387 g/mol. The van der Waals surface area contributed by atoms with Gasteiger partial charge in [-0.15, -0.1) is 0 Å². The van der Waals surface area contributed by atoms with Gasteiger partial charge in [0, 0.05) is 25.3 Å². The van der Waals surface area contributed by atoms with Crippen molar-refractivity contribution in [2.24, 2.45) is 7.05 Å². The number of ether oxygens (including phenoxy) is 1. The van der Waals surface area contributed by atoms with Crippen LogP contribution in [0.4, 0.5) is 0 Å². The zero-order valence-electron chi connectivity index (χ0n) is 15.1. The van der Waals surface area contributed by atoms with Crippen molar-refractivity contribution in [1.29, 1.82) is 0 Å². The van der Waals surface area contributed by atoms with Gasteiger partial charge in [-0.25, -0.2) is 17.9 Å². The van der Waals surface area contributed by atoms with Gasteiger partial charge in [0.2, 0.25) is 10.0 Å². The van der Waals surface area contributed by atoms with Crippen LogP contribution in [0.3, 0.4) is 0 Å². The number of carboxylic acids is 1. The number of nitrogens with one attached hydrogen (secondary N) is 1. The second kappa shape index (κ2) is 8.19. The Hall–Kier alpha value is -1.91. The van der Waals surface area contributed by atoms with Crippen molar-refractivity contribution >= 4 is 22.0 Å². The molecule has 0 radical (unpaired) electrons. The maximum Gasteiger partial charge on any atom is 0.354 e. The predicted molar refractivity (Wildman–Crippen MR) is 93.4 cm³/mol. The van der Waals surface area contributed by atoms with Crippen LogP contribution in [-0.2, 0) is 26.6 Å². The van der Waals surface area contributed by atoms with Gasteiger partial charge in [-0.1, -0.05) is 6.92 Å². The number of carbonyl (C=O) groups excluding carboxylic acids is 1. The standard InChI is InChI=1S/C16H25N3O6S/c1-4-19(10-15(20)21)12-6-11(7-12)17-26(23,24)13-8-14(18(3)9-13)16(22)25-5-2/h8-9,11-12,17H,4-7,10H2,1-3H3,(H,20,21). The number of esters is 1. The zero-order chi connectivity index (χ0) is 19.5. The lowest BCUT2D eigenvalue weighted by Crippen LogP contribution is -2.54. The Labute approximate surface area is 153 Å². The van der Waals surface area contributed by atoms with Gasteiger partial charge in [0.15, 0.2) is 0 Å². The Bertz CT molecular complexity index is 767. The highest BCUT2D eigenvalue weighted by atomic mass is 32.2. The molecule has 2 N–H and O–H groups in total. The summed E-state index contributed by atoms with van der Waals surface area (Å²) in [4.78, 5) is 24.5. The van der Waals surface area contributed by atoms with Crippen LogP contribution in [0.1, 0.15) is 37.2 Å². The first-order valence-electron chi connectivity index (χ1n) is 8.49. The molecule has 0 aliphatic heterocycles. The molecule has 0 spiro atoms. The molecule has 1 heterocycles. The maximum atomic E-state index is 12.5. The summed E-state index contributed by atoms with van der Waals surface area (Å²) in [6.07, 6.45) is 2.48. The third-order valence-corrected chi connectivity index (χ3v) is 5.96. The summed E-state index contributed by atoms with van der Waals surface area (Å²) in [7, 11) is -2.18. The number of sulfonamides is 1. The van der Waals surface area contributed by atoms with E-state index in [1.54, 1.807) is 14.0 Å². The highest BCUT2D eigenvalue weighted by Gasteiger charge is 2.36. The van der Waals surface area contributed by atoms with E-state index in [1.807, 2.05) is 11.8 Å². The number of carbonyl (C=O) groups is 2. The van der Waals surface area contributed by atoms with Gasteiger partial charge >= 0.3 is 11.9 Å². The van der Waals surface area contributed by atoms with E-state index in [0.29, 0.717) is 19.4 Å². The van der Waals surface area contributed by atoms with E-state index in [4.69, 9.17) is 9.84 Å². The van der Waals surface area contributed by atoms with Crippen molar-refractivity contribution in [2.45, 2.75) is 43.7 Å². The third kappa shape index (κ3) is 4.63. The van der Waals surface area contributed by atoms with Gasteiger partial charge in [0.05, 0.1) is 13.2 Å². The number of likely N-dealkylation sites (N-methyl/N-ethyl adjacent to an activating group) is 1. The van der Waals surface area contributed by atoms with Gasteiger partial charge in [-0.3, -0.25) is 9.69 Å². The molecule has 0 unspecified atom stereocenters. The van der Waals surface area contributed by atoms with Crippen LogP contribution >= 0.6 is 0 Å². The molecule has 1 aliphatic rings. The fourth-order valence-corrected chi connectivity index (χ4v) is 4.36. The summed E-state index contributed by atoms with van der Waals surface area (Å²) < 4.78 is 34.0. The number of aromatic nitrogens is 1. The second-order valence-corrected chi connectivity index (χ2v) is 8.01. The van der Waals surface area contributed by atoms with Crippen molar-refractivity contribution in [3.05, 3.63) is 18.0 Å². The lowest BCUT2D eigenvalue weighted by molar-refractivity contribution is -0.139. The van der Waals surface area contributed by atoms with Gasteiger partial charge in [-0.05, 0) is 32.4 Å². The van der Waals surface area contributed by atoms with Crippen molar-refractivity contribution in [3.8, 4) is 0 Å². The number of carboxylic acid groups (broad SMARTS) is 1. The highest BCUT2D eigenvalue weighted by Crippen LogP contribution is 2.27. The Balaban J connectivity index is 1.99. The summed E-state index contributed by atoms with van der Waals surface area (Å²) in [6.45, 7) is 4.30. The van der Waals surface area contributed by atoms with Gasteiger partial charge in [0.25, 0.3) is 0 Å². The highest BCUT2D eigenvalue weighted by molar-refractivity contribution is 7.89. The number of rotatable bonds is 9. The molecule has 1 aromatic heterocycles. The molecule has 1 aromatic rings. The molecular weight excluding hydrogens is 362 g/mol. The van der Waals surface area contributed by atoms with E-state index >= 15 is 0 Å². The van der Waals surface area contributed by atoms with E-state index in [1.165, 1.54) is 16.8 Å². The number of hydrogen-bond acceptors (Lipinski definition) is 6. The average molecular weight is 387 g/mol. The summed E-state index contributed by atoms with van der Waals surface area (Å²) in [5.41, 5.74) is 0.164. The summed E-state index contributed by atoms with van der Waals surface area (Å²) in [5, 5.41) is 8.90. The molecular formula is C16H25N3O6S. The van der Waals surface area contributed by atoms with Crippen LogP contribution < -0.4 is 4.72 Å². The number of aliphatic carboxylic acids is 1. The normalized spacial score (nSPS) is 20.0. The van der Waals surface area contributed by atoms with E-state index in [2.05, 4.69) is 4.72 Å². The summed E-state index contributed by atoms with van der Waals surface area (Å²) in [6, 6.07) is 1.09. The largest absolute Gasteiger partial charge is 0.480 e. The molecule has 0 bridgehead atoms. The third-order valence-electron chi connectivity index (χ3n) is 4.47. The average Bonchev–Trinajstić information content (AvgIpc) is 2.91. The van der Waals surface area contributed by atoms with Crippen molar-refractivity contribution in [3.63, 3.8) is 0 Å². The molecule has 9 nitrogen and oxygen atoms in total. The van der Waals surface area contributed by atoms with Crippen LogP contribution in [0.2, 0.25) is 0 Å². The fourth-order valence-electron chi connectivity index (χ4n) is 3.03. The minimum absolute atomic E-state index is 0.00406. The molecule has 10 heteroatoms. The smallest absolute Gasteiger partial charge is 0.354 e. The molecule has 2 rings (SSSR count). The van der Waals surface area contributed by atoms with Crippen molar-refractivity contribution < 1.29 is 27.9 Å². The van der Waals surface area contributed by atoms with Crippen molar-refractivity contribution in [1.82, 2.24) is 14.2 Å².